The van der Waals surface area contributed by atoms with Crippen LogP contribution in [0.4, 0.5) is 0 Å². The molecule has 0 aliphatic rings. The maximum absolute atomic E-state index is 11.6. The molecule has 0 saturated carbocycles. The van der Waals surface area contributed by atoms with Crippen LogP contribution in [0, 0.1) is 12.8 Å². The SMILES string of the molecule is CCOC(=O)CC(CC(C)C)c1sccc1C. The fourth-order valence-electron chi connectivity index (χ4n) is 2.08. The first-order valence-corrected chi connectivity index (χ1v) is 7.12. The minimum Gasteiger partial charge on any atom is -0.466 e. The first kappa shape index (κ1) is 14.2. The molecule has 0 fully saturated rings. The standard InChI is InChI=1S/C14H22O2S/c1-5-16-13(15)9-12(8-10(2)3)14-11(4)6-7-17-14/h6-7,10,12H,5,8-9H2,1-4H3. The Morgan fingerprint density at radius 2 is 2.18 bits per heavy atom. The van der Waals surface area contributed by atoms with Gasteiger partial charge in [-0.2, -0.15) is 0 Å². The Morgan fingerprint density at radius 3 is 2.65 bits per heavy atom. The van der Waals surface area contributed by atoms with E-state index >= 15 is 0 Å². The average Bonchev–Trinajstić information content (AvgIpc) is 2.63. The molecular weight excluding hydrogens is 232 g/mol. The number of hydrogen-bond acceptors (Lipinski definition) is 3. The summed E-state index contributed by atoms with van der Waals surface area (Å²) in [5, 5.41) is 2.10. The highest BCUT2D eigenvalue weighted by molar-refractivity contribution is 7.10. The van der Waals surface area contributed by atoms with Gasteiger partial charge in [0.2, 0.25) is 0 Å². The summed E-state index contributed by atoms with van der Waals surface area (Å²) in [6.07, 6.45) is 1.55. The van der Waals surface area contributed by atoms with Gasteiger partial charge >= 0.3 is 5.97 Å². The second kappa shape index (κ2) is 6.80. The van der Waals surface area contributed by atoms with Gasteiger partial charge in [0.25, 0.3) is 0 Å². The second-order valence-corrected chi connectivity index (χ2v) is 5.75. The van der Waals surface area contributed by atoms with Gasteiger partial charge in [-0.15, -0.1) is 11.3 Å². The Balaban J connectivity index is 2.74. The van der Waals surface area contributed by atoms with Crippen molar-refractivity contribution in [1.82, 2.24) is 0 Å². The Kier molecular flexibility index (Phi) is 5.69. The second-order valence-electron chi connectivity index (χ2n) is 4.80. The van der Waals surface area contributed by atoms with E-state index in [0.717, 1.165) is 6.42 Å². The zero-order valence-corrected chi connectivity index (χ0v) is 12.0. The van der Waals surface area contributed by atoms with Crippen molar-refractivity contribution in [2.45, 2.75) is 46.5 Å². The smallest absolute Gasteiger partial charge is 0.306 e. The van der Waals surface area contributed by atoms with Crippen LogP contribution in [-0.4, -0.2) is 12.6 Å². The Morgan fingerprint density at radius 1 is 1.47 bits per heavy atom. The van der Waals surface area contributed by atoms with Crippen LogP contribution in [0.1, 0.15) is 50.0 Å². The molecular formula is C14H22O2S. The number of hydrogen-bond donors (Lipinski definition) is 0. The van der Waals surface area contributed by atoms with E-state index in [9.17, 15) is 4.79 Å². The summed E-state index contributed by atoms with van der Waals surface area (Å²) in [5.74, 6) is 0.830. The quantitative estimate of drug-likeness (QED) is 0.713. The van der Waals surface area contributed by atoms with Crippen molar-refractivity contribution in [3.05, 3.63) is 21.9 Å². The summed E-state index contributed by atoms with van der Waals surface area (Å²) < 4.78 is 5.06. The molecule has 1 heterocycles. The van der Waals surface area contributed by atoms with Gasteiger partial charge in [-0.3, -0.25) is 4.79 Å². The lowest BCUT2D eigenvalue weighted by Gasteiger charge is -2.18. The molecule has 0 amide bonds. The van der Waals surface area contributed by atoms with Gasteiger partial charge < -0.3 is 4.74 Å². The number of carbonyl (C=O) groups excluding carboxylic acids is 1. The summed E-state index contributed by atoms with van der Waals surface area (Å²) in [4.78, 5) is 13.0. The maximum atomic E-state index is 11.6. The van der Waals surface area contributed by atoms with Crippen molar-refractivity contribution < 1.29 is 9.53 Å². The molecule has 1 rings (SSSR count). The number of ether oxygens (including phenoxy) is 1. The fraction of sp³-hybridized carbons (Fsp3) is 0.643. The summed E-state index contributed by atoms with van der Waals surface area (Å²) in [7, 11) is 0. The molecule has 0 spiro atoms. The molecule has 3 heteroatoms. The molecule has 0 aliphatic heterocycles. The molecule has 0 aliphatic carbocycles. The first-order valence-electron chi connectivity index (χ1n) is 6.24. The molecule has 0 saturated heterocycles. The van der Waals surface area contributed by atoms with Crippen LogP contribution in [-0.2, 0) is 9.53 Å². The van der Waals surface area contributed by atoms with Crippen LogP contribution >= 0.6 is 11.3 Å². The molecule has 1 aromatic heterocycles. The lowest BCUT2D eigenvalue weighted by Crippen LogP contribution is -2.12. The van der Waals surface area contributed by atoms with Crippen molar-refractivity contribution in [1.29, 1.82) is 0 Å². The van der Waals surface area contributed by atoms with Gasteiger partial charge in [0.1, 0.15) is 0 Å². The molecule has 2 nitrogen and oxygen atoms in total. The molecule has 0 bridgehead atoms. The molecule has 0 radical (unpaired) electrons. The number of thiophene rings is 1. The monoisotopic (exact) mass is 254 g/mol. The lowest BCUT2D eigenvalue weighted by atomic mass is 9.91. The Labute approximate surface area is 108 Å². The van der Waals surface area contributed by atoms with Crippen LogP contribution in [0.25, 0.3) is 0 Å². The predicted molar refractivity (Wildman–Crippen MR) is 72.5 cm³/mol. The Hall–Kier alpha value is -0.830. The van der Waals surface area contributed by atoms with E-state index in [2.05, 4.69) is 32.2 Å². The van der Waals surface area contributed by atoms with Crippen molar-refractivity contribution >= 4 is 17.3 Å². The number of aryl methyl sites for hydroxylation is 1. The third-order valence-electron chi connectivity index (χ3n) is 2.75. The molecule has 96 valence electrons. The van der Waals surface area contributed by atoms with E-state index in [4.69, 9.17) is 4.74 Å². The van der Waals surface area contributed by atoms with Gasteiger partial charge in [-0.25, -0.2) is 0 Å². The third kappa shape index (κ3) is 4.50. The van der Waals surface area contributed by atoms with Gasteiger partial charge in [-0.05, 0) is 43.2 Å². The highest BCUT2D eigenvalue weighted by Crippen LogP contribution is 2.33. The molecule has 17 heavy (non-hydrogen) atoms. The molecule has 1 aromatic rings. The first-order chi connectivity index (χ1) is 8.04. The van der Waals surface area contributed by atoms with E-state index in [-0.39, 0.29) is 5.97 Å². The van der Waals surface area contributed by atoms with Crippen LogP contribution in [0.2, 0.25) is 0 Å². The summed E-state index contributed by atoms with van der Waals surface area (Å²) in [5.41, 5.74) is 1.30. The largest absolute Gasteiger partial charge is 0.466 e. The minimum atomic E-state index is -0.0778. The number of rotatable bonds is 6. The number of carbonyl (C=O) groups is 1. The van der Waals surface area contributed by atoms with Gasteiger partial charge in [0.05, 0.1) is 13.0 Å². The van der Waals surface area contributed by atoms with Crippen molar-refractivity contribution in [2.75, 3.05) is 6.61 Å². The molecule has 1 atom stereocenters. The summed E-state index contributed by atoms with van der Waals surface area (Å²) >= 11 is 1.75. The van der Waals surface area contributed by atoms with E-state index in [0.29, 0.717) is 24.9 Å². The lowest BCUT2D eigenvalue weighted by molar-refractivity contribution is -0.143. The van der Waals surface area contributed by atoms with Crippen LogP contribution in [0.15, 0.2) is 11.4 Å². The van der Waals surface area contributed by atoms with Gasteiger partial charge in [-0.1, -0.05) is 13.8 Å². The molecule has 0 aromatic carbocycles. The van der Waals surface area contributed by atoms with Crippen molar-refractivity contribution in [3.8, 4) is 0 Å². The summed E-state index contributed by atoms with van der Waals surface area (Å²) in [6, 6.07) is 2.12. The van der Waals surface area contributed by atoms with Crippen LogP contribution < -0.4 is 0 Å². The van der Waals surface area contributed by atoms with E-state index in [1.165, 1.54) is 10.4 Å². The zero-order valence-electron chi connectivity index (χ0n) is 11.2. The molecule has 0 N–H and O–H groups in total. The van der Waals surface area contributed by atoms with E-state index in [1.807, 2.05) is 6.92 Å². The Bertz CT molecular complexity index is 355. The summed E-state index contributed by atoms with van der Waals surface area (Å²) in [6.45, 7) is 8.83. The average molecular weight is 254 g/mol. The minimum absolute atomic E-state index is 0.0778. The van der Waals surface area contributed by atoms with Crippen molar-refractivity contribution in [3.63, 3.8) is 0 Å². The third-order valence-corrected chi connectivity index (χ3v) is 3.93. The van der Waals surface area contributed by atoms with Crippen LogP contribution in [0.5, 0.6) is 0 Å². The van der Waals surface area contributed by atoms with E-state index in [1.54, 1.807) is 11.3 Å². The molecule has 1 unspecified atom stereocenters. The zero-order chi connectivity index (χ0) is 12.8. The predicted octanol–water partition coefficient (Wildman–Crippen LogP) is 4.14. The number of esters is 1. The maximum Gasteiger partial charge on any atom is 0.306 e. The van der Waals surface area contributed by atoms with Crippen molar-refractivity contribution in [2.24, 2.45) is 5.92 Å². The van der Waals surface area contributed by atoms with E-state index < -0.39 is 0 Å². The normalized spacial score (nSPS) is 12.8. The fourth-order valence-corrected chi connectivity index (χ4v) is 3.12. The highest BCUT2D eigenvalue weighted by Gasteiger charge is 2.20. The van der Waals surface area contributed by atoms with Gasteiger partial charge in [0, 0.05) is 10.8 Å². The topological polar surface area (TPSA) is 26.3 Å². The van der Waals surface area contributed by atoms with Crippen LogP contribution in [0.3, 0.4) is 0 Å². The van der Waals surface area contributed by atoms with Gasteiger partial charge in [0.15, 0.2) is 0 Å². The highest BCUT2D eigenvalue weighted by atomic mass is 32.1.